The van der Waals surface area contributed by atoms with Gasteiger partial charge in [-0.3, -0.25) is 0 Å². The zero-order valence-corrected chi connectivity index (χ0v) is 13.2. The van der Waals surface area contributed by atoms with Gasteiger partial charge in [0.15, 0.2) is 0 Å². The van der Waals surface area contributed by atoms with Crippen LogP contribution in [0.15, 0.2) is 24.3 Å². The van der Waals surface area contributed by atoms with Crippen molar-refractivity contribution in [3.8, 4) is 0 Å². The first kappa shape index (κ1) is 15.3. The van der Waals surface area contributed by atoms with E-state index in [9.17, 15) is 0 Å². The Labute approximate surface area is 114 Å². The third-order valence-electron chi connectivity index (χ3n) is 3.73. The van der Waals surface area contributed by atoms with Crippen molar-refractivity contribution in [2.75, 3.05) is 0 Å². The minimum Gasteiger partial charge on any atom is -0.0628 e. The van der Waals surface area contributed by atoms with Crippen LogP contribution < -0.4 is 0 Å². The van der Waals surface area contributed by atoms with Gasteiger partial charge < -0.3 is 0 Å². The van der Waals surface area contributed by atoms with Crippen molar-refractivity contribution in [3.63, 3.8) is 0 Å². The van der Waals surface area contributed by atoms with Crippen LogP contribution in [0.3, 0.4) is 0 Å². The van der Waals surface area contributed by atoms with Crippen LogP contribution in [0.4, 0.5) is 0 Å². The summed E-state index contributed by atoms with van der Waals surface area (Å²) in [5.74, 6) is 2.17. The van der Waals surface area contributed by atoms with Crippen molar-refractivity contribution in [2.24, 2.45) is 11.8 Å². The van der Waals surface area contributed by atoms with Crippen LogP contribution in [0, 0.1) is 11.8 Å². The molecule has 1 rings (SSSR count). The molecule has 0 nitrogen and oxygen atoms in total. The lowest BCUT2D eigenvalue weighted by Gasteiger charge is -2.25. The monoisotopic (exact) mass is 246 g/mol. The van der Waals surface area contributed by atoms with Gasteiger partial charge in [-0.05, 0) is 40.7 Å². The van der Waals surface area contributed by atoms with Crippen molar-refractivity contribution in [1.29, 1.82) is 0 Å². The van der Waals surface area contributed by atoms with Crippen molar-refractivity contribution in [1.82, 2.24) is 0 Å². The molecule has 0 heterocycles. The van der Waals surface area contributed by atoms with E-state index in [1.807, 2.05) is 0 Å². The number of rotatable bonds is 4. The molecule has 1 aromatic carbocycles. The SMILES string of the molecule is CC(C)CC(c1ccc(C(C)(C)C)cc1)C(C)C. The molecule has 1 atom stereocenters. The molecule has 0 N–H and O–H groups in total. The van der Waals surface area contributed by atoms with E-state index >= 15 is 0 Å². The molecule has 18 heavy (non-hydrogen) atoms. The zero-order chi connectivity index (χ0) is 13.9. The Morgan fingerprint density at radius 2 is 1.39 bits per heavy atom. The summed E-state index contributed by atoms with van der Waals surface area (Å²) in [4.78, 5) is 0. The van der Waals surface area contributed by atoms with Gasteiger partial charge in [0.2, 0.25) is 0 Å². The fourth-order valence-corrected chi connectivity index (χ4v) is 2.53. The van der Waals surface area contributed by atoms with E-state index in [4.69, 9.17) is 0 Å². The molecule has 0 saturated carbocycles. The second-order valence-corrected chi connectivity index (χ2v) is 7.35. The van der Waals surface area contributed by atoms with Gasteiger partial charge in [-0.15, -0.1) is 0 Å². The largest absolute Gasteiger partial charge is 0.0628 e. The van der Waals surface area contributed by atoms with Gasteiger partial charge in [0.25, 0.3) is 0 Å². The lowest BCUT2D eigenvalue weighted by Crippen LogP contribution is -2.13. The quantitative estimate of drug-likeness (QED) is 0.632. The Morgan fingerprint density at radius 1 is 0.889 bits per heavy atom. The summed E-state index contributed by atoms with van der Waals surface area (Å²) in [6.45, 7) is 16.1. The van der Waals surface area contributed by atoms with Gasteiger partial charge in [-0.2, -0.15) is 0 Å². The van der Waals surface area contributed by atoms with Crippen LogP contribution in [0.5, 0.6) is 0 Å². The highest BCUT2D eigenvalue weighted by atomic mass is 14.2. The number of benzene rings is 1. The third-order valence-corrected chi connectivity index (χ3v) is 3.73. The Balaban J connectivity index is 2.94. The van der Waals surface area contributed by atoms with Gasteiger partial charge in [0, 0.05) is 0 Å². The molecule has 0 bridgehead atoms. The smallest absolute Gasteiger partial charge is 0.0132 e. The Hall–Kier alpha value is -0.780. The maximum atomic E-state index is 2.34. The lowest BCUT2D eigenvalue weighted by atomic mass is 9.80. The van der Waals surface area contributed by atoms with E-state index < -0.39 is 0 Å². The number of hydrogen-bond donors (Lipinski definition) is 0. The molecule has 102 valence electrons. The Kier molecular flexibility index (Phi) is 5.01. The van der Waals surface area contributed by atoms with Crippen LogP contribution in [0.1, 0.15) is 71.9 Å². The van der Waals surface area contributed by atoms with Crippen molar-refractivity contribution >= 4 is 0 Å². The van der Waals surface area contributed by atoms with Crippen LogP contribution in [0.2, 0.25) is 0 Å². The molecule has 1 unspecified atom stereocenters. The van der Waals surface area contributed by atoms with E-state index in [-0.39, 0.29) is 5.41 Å². The Morgan fingerprint density at radius 3 is 1.72 bits per heavy atom. The second-order valence-electron chi connectivity index (χ2n) is 7.35. The average molecular weight is 246 g/mol. The van der Waals surface area contributed by atoms with E-state index in [1.165, 1.54) is 17.5 Å². The maximum Gasteiger partial charge on any atom is -0.0132 e. The second kappa shape index (κ2) is 5.91. The topological polar surface area (TPSA) is 0 Å². The standard InChI is InChI=1S/C18H30/c1-13(2)12-17(14(3)4)15-8-10-16(11-9-15)18(5,6)7/h8-11,13-14,17H,12H2,1-7H3. The van der Waals surface area contributed by atoms with Crippen molar-refractivity contribution < 1.29 is 0 Å². The zero-order valence-electron chi connectivity index (χ0n) is 13.2. The van der Waals surface area contributed by atoms with Gasteiger partial charge in [-0.1, -0.05) is 72.7 Å². The average Bonchev–Trinajstić information content (AvgIpc) is 2.24. The van der Waals surface area contributed by atoms with Crippen LogP contribution in [-0.2, 0) is 5.41 Å². The normalized spacial score (nSPS) is 14.3. The summed E-state index contributed by atoms with van der Waals surface area (Å²) in [6.07, 6.45) is 1.28. The number of hydrogen-bond acceptors (Lipinski definition) is 0. The summed E-state index contributed by atoms with van der Waals surface area (Å²) in [6, 6.07) is 9.30. The molecule has 0 saturated heterocycles. The molecule has 0 radical (unpaired) electrons. The molecule has 0 aliphatic heterocycles. The molecule has 0 heteroatoms. The fourth-order valence-electron chi connectivity index (χ4n) is 2.53. The van der Waals surface area contributed by atoms with E-state index in [0.29, 0.717) is 11.8 Å². The van der Waals surface area contributed by atoms with Gasteiger partial charge in [0.05, 0.1) is 0 Å². The summed E-state index contributed by atoms with van der Waals surface area (Å²) < 4.78 is 0. The summed E-state index contributed by atoms with van der Waals surface area (Å²) in [5.41, 5.74) is 3.19. The minimum absolute atomic E-state index is 0.254. The van der Waals surface area contributed by atoms with Gasteiger partial charge in [0.1, 0.15) is 0 Å². The molecule has 0 aromatic heterocycles. The summed E-state index contributed by atoms with van der Waals surface area (Å²) in [7, 11) is 0. The fraction of sp³-hybridized carbons (Fsp3) is 0.667. The van der Waals surface area contributed by atoms with E-state index in [2.05, 4.69) is 72.7 Å². The highest BCUT2D eigenvalue weighted by molar-refractivity contribution is 5.29. The highest BCUT2D eigenvalue weighted by Gasteiger charge is 2.19. The minimum atomic E-state index is 0.254. The molecular formula is C18H30. The van der Waals surface area contributed by atoms with Crippen molar-refractivity contribution in [2.45, 2.75) is 66.2 Å². The van der Waals surface area contributed by atoms with E-state index in [1.54, 1.807) is 0 Å². The third kappa shape index (κ3) is 4.15. The molecule has 0 spiro atoms. The summed E-state index contributed by atoms with van der Waals surface area (Å²) >= 11 is 0. The first-order valence-electron chi connectivity index (χ1n) is 7.32. The first-order chi connectivity index (χ1) is 8.21. The molecule has 1 aromatic rings. The first-order valence-corrected chi connectivity index (χ1v) is 7.32. The summed E-state index contributed by atoms with van der Waals surface area (Å²) in [5, 5.41) is 0. The molecule has 0 amide bonds. The predicted octanol–water partition coefficient (Wildman–Crippen LogP) is 5.77. The van der Waals surface area contributed by atoms with Crippen LogP contribution in [0.25, 0.3) is 0 Å². The molecule has 0 aliphatic carbocycles. The predicted molar refractivity (Wildman–Crippen MR) is 82.2 cm³/mol. The van der Waals surface area contributed by atoms with Gasteiger partial charge >= 0.3 is 0 Å². The lowest BCUT2D eigenvalue weighted by molar-refractivity contribution is 0.407. The highest BCUT2D eigenvalue weighted by Crippen LogP contribution is 2.32. The maximum absolute atomic E-state index is 2.34. The Bertz CT molecular complexity index is 349. The van der Waals surface area contributed by atoms with E-state index in [0.717, 1.165) is 5.92 Å². The van der Waals surface area contributed by atoms with Crippen LogP contribution in [-0.4, -0.2) is 0 Å². The van der Waals surface area contributed by atoms with Crippen LogP contribution >= 0.6 is 0 Å². The van der Waals surface area contributed by atoms with Gasteiger partial charge in [-0.25, -0.2) is 0 Å². The molecular weight excluding hydrogens is 216 g/mol. The van der Waals surface area contributed by atoms with Crippen molar-refractivity contribution in [3.05, 3.63) is 35.4 Å². The molecule has 0 fully saturated rings. The molecule has 0 aliphatic rings.